The van der Waals surface area contributed by atoms with Crippen molar-refractivity contribution in [3.05, 3.63) is 29.1 Å². The molecule has 0 aliphatic carbocycles. The Hall–Kier alpha value is -2.51. The molecule has 0 atom stereocenters. The Kier molecular flexibility index (Phi) is 5.81. The third kappa shape index (κ3) is 4.24. The molecule has 0 saturated carbocycles. The maximum atomic E-state index is 11.9. The molecule has 2 heterocycles. The van der Waals surface area contributed by atoms with E-state index in [2.05, 4.69) is 31.9 Å². The summed E-state index contributed by atoms with van der Waals surface area (Å²) in [4.78, 5) is 31.5. The number of carbonyl (C=O) groups excluding carboxylic acids is 1. The second-order valence-corrected chi connectivity index (χ2v) is 4.86. The minimum atomic E-state index is -0.693. The van der Waals surface area contributed by atoms with E-state index in [0.717, 1.165) is 30.3 Å². The lowest BCUT2D eigenvalue weighted by molar-refractivity contribution is -0.121. The van der Waals surface area contributed by atoms with Crippen LogP contribution in [0.3, 0.4) is 0 Å². The number of amides is 1. The highest BCUT2D eigenvalue weighted by atomic mass is 16.5. The lowest BCUT2D eigenvalue weighted by Crippen LogP contribution is -2.31. The molecule has 8 heteroatoms. The fraction of sp³-hybridized carbons (Fsp3) is 0.500. The summed E-state index contributed by atoms with van der Waals surface area (Å²) >= 11 is 0. The van der Waals surface area contributed by atoms with Crippen molar-refractivity contribution in [1.29, 1.82) is 0 Å². The van der Waals surface area contributed by atoms with E-state index < -0.39 is 5.76 Å². The van der Waals surface area contributed by atoms with E-state index >= 15 is 0 Å². The fourth-order valence-electron chi connectivity index (χ4n) is 1.99. The summed E-state index contributed by atoms with van der Waals surface area (Å²) in [6.07, 6.45) is 8.74. The van der Waals surface area contributed by atoms with Crippen LogP contribution in [0.15, 0.2) is 27.9 Å². The zero-order chi connectivity index (χ0) is 15.8. The normalized spacial score (nSPS) is 10.6. The SMILES string of the molecule is CCCCCCNC(=O)Cn1c(-c2cnccn2)noc1=O. The lowest BCUT2D eigenvalue weighted by atomic mass is 10.2. The van der Waals surface area contributed by atoms with Gasteiger partial charge in [-0.05, 0) is 6.42 Å². The molecule has 0 aliphatic rings. The van der Waals surface area contributed by atoms with Gasteiger partial charge < -0.3 is 5.32 Å². The molecule has 0 aliphatic heterocycles. The Morgan fingerprint density at radius 1 is 1.32 bits per heavy atom. The zero-order valence-corrected chi connectivity index (χ0v) is 12.5. The van der Waals surface area contributed by atoms with Gasteiger partial charge in [0.25, 0.3) is 0 Å². The summed E-state index contributed by atoms with van der Waals surface area (Å²) in [6.45, 7) is 2.58. The third-order valence-corrected chi connectivity index (χ3v) is 3.13. The minimum Gasteiger partial charge on any atom is -0.355 e. The van der Waals surface area contributed by atoms with Gasteiger partial charge in [0.05, 0.1) is 6.20 Å². The number of nitrogens with zero attached hydrogens (tertiary/aromatic N) is 4. The van der Waals surface area contributed by atoms with Crippen LogP contribution in [0, 0.1) is 0 Å². The van der Waals surface area contributed by atoms with Crippen LogP contribution in [0.2, 0.25) is 0 Å². The molecule has 0 unspecified atom stereocenters. The molecular weight excluding hydrogens is 286 g/mol. The van der Waals surface area contributed by atoms with Gasteiger partial charge in [0.2, 0.25) is 11.7 Å². The molecule has 0 fully saturated rings. The van der Waals surface area contributed by atoms with Gasteiger partial charge in [0, 0.05) is 18.9 Å². The van der Waals surface area contributed by atoms with E-state index in [1.165, 1.54) is 18.6 Å². The Morgan fingerprint density at radius 2 is 2.18 bits per heavy atom. The van der Waals surface area contributed by atoms with Crippen molar-refractivity contribution in [1.82, 2.24) is 25.0 Å². The summed E-state index contributed by atoms with van der Waals surface area (Å²) in [5, 5.41) is 6.43. The Morgan fingerprint density at radius 3 is 2.91 bits per heavy atom. The first-order chi connectivity index (χ1) is 10.7. The second-order valence-electron chi connectivity index (χ2n) is 4.86. The Balaban J connectivity index is 1.97. The van der Waals surface area contributed by atoms with Crippen molar-refractivity contribution in [2.45, 2.75) is 39.2 Å². The average molecular weight is 305 g/mol. The van der Waals surface area contributed by atoms with Crippen molar-refractivity contribution in [2.75, 3.05) is 6.54 Å². The van der Waals surface area contributed by atoms with Gasteiger partial charge in [-0.25, -0.2) is 14.3 Å². The van der Waals surface area contributed by atoms with Gasteiger partial charge >= 0.3 is 5.76 Å². The van der Waals surface area contributed by atoms with Crippen LogP contribution >= 0.6 is 0 Å². The number of nitrogens with one attached hydrogen (secondary N) is 1. The Bertz CT molecular complexity index is 650. The van der Waals surface area contributed by atoms with Crippen molar-refractivity contribution in [2.24, 2.45) is 0 Å². The molecule has 1 N–H and O–H groups in total. The van der Waals surface area contributed by atoms with E-state index in [1.54, 1.807) is 0 Å². The van der Waals surface area contributed by atoms with Crippen LogP contribution in [0.25, 0.3) is 11.5 Å². The standard InChI is InChI=1S/C14H19N5O3/c1-2-3-4-5-6-17-12(20)10-19-13(18-22-14(19)21)11-9-15-7-8-16-11/h7-9H,2-6,10H2,1H3,(H,17,20). The molecule has 1 amide bonds. The summed E-state index contributed by atoms with van der Waals surface area (Å²) in [5.41, 5.74) is 0.379. The van der Waals surface area contributed by atoms with Gasteiger partial charge in [0.15, 0.2) is 0 Å². The van der Waals surface area contributed by atoms with Crippen LogP contribution in [0.4, 0.5) is 0 Å². The summed E-state index contributed by atoms with van der Waals surface area (Å²) in [7, 11) is 0. The van der Waals surface area contributed by atoms with Crippen LogP contribution in [-0.2, 0) is 11.3 Å². The Labute approximate surface area is 127 Å². The number of hydrogen-bond donors (Lipinski definition) is 1. The van der Waals surface area contributed by atoms with Crippen LogP contribution in [0.1, 0.15) is 32.6 Å². The lowest BCUT2D eigenvalue weighted by Gasteiger charge is -2.06. The van der Waals surface area contributed by atoms with E-state index in [1.807, 2.05) is 0 Å². The van der Waals surface area contributed by atoms with Crippen molar-refractivity contribution in [3.8, 4) is 11.5 Å². The van der Waals surface area contributed by atoms with Crippen molar-refractivity contribution >= 4 is 5.91 Å². The molecule has 2 aromatic rings. The minimum absolute atomic E-state index is 0.151. The highest BCUT2D eigenvalue weighted by Gasteiger charge is 2.16. The van der Waals surface area contributed by atoms with E-state index in [9.17, 15) is 9.59 Å². The highest BCUT2D eigenvalue weighted by molar-refractivity contribution is 5.76. The molecular formula is C14H19N5O3. The smallest absolute Gasteiger partial charge is 0.355 e. The number of hydrogen-bond acceptors (Lipinski definition) is 6. The predicted molar refractivity (Wildman–Crippen MR) is 78.9 cm³/mol. The van der Waals surface area contributed by atoms with Crippen LogP contribution < -0.4 is 11.1 Å². The van der Waals surface area contributed by atoms with E-state index in [-0.39, 0.29) is 18.3 Å². The topological polar surface area (TPSA) is 103 Å². The van der Waals surface area contributed by atoms with Crippen molar-refractivity contribution in [3.63, 3.8) is 0 Å². The maximum Gasteiger partial charge on any atom is 0.442 e. The zero-order valence-electron chi connectivity index (χ0n) is 12.5. The first-order valence-electron chi connectivity index (χ1n) is 7.32. The average Bonchev–Trinajstić information content (AvgIpc) is 2.89. The van der Waals surface area contributed by atoms with E-state index in [0.29, 0.717) is 12.2 Å². The molecule has 0 bridgehead atoms. The van der Waals surface area contributed by atoms with Gasteiger partial charge in [-0.3, -0.25) is 14.3 Å². The molecule has 22 heavy (non-hydrogen) atoms. The first kappa shape index (κ1) is 15.9. The number of carbonyl (C=O) groups is 1. The number of aromatic nitrogens is 4. The van der Waals surface area contributed by atoms with Crippen LogP contribution in [-0.4, -0.2) is 32.1 Å². The highest BCUT2D eigenvalue weighted by Crippen LogP contribution is 2.10. The van der Waals surface area contributed by atoms with Crippen LogP contribution in [0.5, 0.6) is 0 Å². The maximum absolute atomic E-state index is 11.9. The molecule has 0 spiro atoms. The second kappa shape index (κ2) is 8.06. The van der Waals surface area contributed by atoms with E-state index in [4.69, 9.17) is 0 Å². The summed E-state index contributed by atoms with van der Waals surface area (Å²) in [5.74, 6) is -0.757. The third-order valence-electron chi connectivity index (χ3n) is 3.13. The quantitative estimate of drug-likeness (QED) is 0.729. The predicted octanol–water partition coefficient (Wildman–Crippen LogP) is 0.990. The van der Waals surface area contributed by atoms with Gasteiger partial charge in [-0.15, -0.1) is 0 Å². The largest absolute Gasteiger partial charge is 0.442 e. The first-order valence-corrected chi connectivity index (χ1v) is 7.32. The molecule has 2 rings (SSSR count). The molecule has 118 valence electrons. The van der Waals surface area contributed by atoms with Crippen molar-refractivity contribution < 1.29 is 9.32 Å². The number of unbranched alkanes of at least 4 members (excludes halogenated alkanes) is 3. The molecule has 2 aromatic heterocycles. The molecule has 8 nitrogen and oxygen atoms in total. The monoisotopic (exact) mass is 305 g/mol. The summed E-state index contributed by atoms with van der Waals surface area (Å²) < 4.78 is 5.76. The molecule has 0 radical (unpaired) electrons. The van der Waals surface area contributed by atoms with Gasteiger partial charge in [0.1, 0.15) is 12.2 Å². The van der Waals surface area contributed by atoms with Gasteiger partial charge in [-0.1, -0.05) is 31.3 Å². The molecule has 0 saturated heterocycles. The molecule has 0 aromatic carbocycles. The fourth-order valence-corrected chi connectivity index (χ4v) is 1.99. The van der Waals surface area contributed by atoms with Gasteiger partial charge in [-0.2, -0.15) is 0 Å². The number of rotatable bonds is 8. The summed E-state index contributed by atoms with van der Waals surface area (Å²) in [6, 6.07) is 0.